The van der Waals surface area contributed by atoms with Crippen LogP contribution in [0.25, 0.3) is 0 Å². The van der Waals surface area contributed by atoms with E-state index in [1.54, 1.807) is 57.7 Å². The van der Waals surface area contributed by atoms with Crippen molar-refractivity contribution in [2.24, 2.45) is 0 Å². The van der Waals surface area contributed by atoms with Crippen LogP contribution in [0, 0.1) is 0 Å². The molecule has 1 atom stereocenters. The normalized spacial score (nSPS) is 11.3. The van der Waals surface area contributed by atoms with E-state index in [1.165, 1.54) is 6.92 Å². The molecule has 0 radical (unpaired) electrons. The number of carbonyl (C=O) groups is 2. The summed E-state index contributed by atoms with van der Waals surface area (Å²) < 4.78 is 20.7. The molecule has 0 aliphatic rings. The summed E-state index contributed by atoms with van der Waals surface area (Å²) in [6.07, 6.45) is -0.817. The number of ether oxygens (including phenoxy) is 4. The first kappa shape index (κ1) is 21.1. The lowest BCUT2D eigenvalue weighted by molar-refractivity contribution is -0.154. The molecule has 0 heterocycles. The van der Waals surface area contributed by atoms with E-state index in [0.29, 0.717) is 17.2 Å². The Bertz CT molecular complexity index is 803. The lowest BCUT2D eigenvalue weighted by Crippen LogP contribution is -2.35. The quantitative estimate of drug-likeness (QED) is 0.666. The van der Waals surface area contributed by atoms with Gasteiger partial charge in [0.1, 0.15) is 5.75 Å². The third kappa shape index (κ3) is 5.90. The van der Waals surface area contributed by atoms with Gasteiger partial charge in [0.25, 0.3) is 5.91 Å². The molecule has 1 N–H and O–H groups in total. The van der Waals surface area contributed by atoms with Crippen molar-refractivity contribution in [1.29, 1.82) is 0 Å². The lowest BCUT2D eigenvalue weighted by atomic mass is 10.1. The van der Waals surface area contributed by atoms with Crippen LogP contribution in [0.4, 0.5) is 0 Å². The molecule has 150 valence electrons. The van der Waals surface area contributed by atoms with E-state index in [4.69, 9.17) is 18.9 Å². The predicted molar refractivity (Wildman–Crippen MR) is 104 cm³/mol. The maximum atomic E-state index is 12.2. The molecule has 0 bridgehead atoms. The molecule has 0 saturated carbocycles. The topological polar surface area (TPSA) is 83.1 Å². The van der Waals surface area contributed by atoms with Gasteiger partial charge in [0, 0.05) is 6.54 Å². The minimum Gasteiger partial charge on any atom is -0.497 e. The highest BCUT2D eigenvalue weighted by Crippen LogP contribution is 2.27. The molecule has 28 heavy (non-hydrogen) atoms. The second-order valence-corrected chi connectivity index (χ2v) is 6.06. The summed E-state index contributed by atoms with van der Waals surface area (Å²) in [5.41, 5.74) is 1.62. The van der Waals surface area contributed by atoms with Crippen LogP contribution in [-0.2, 0) is 27.3 Å². The Hall–Kier alpha value is -3.22. The van der Waals surface area contributed by atoms with E-state index in [9.17, 15) is 9.59 Å². The van der Waals surface area contributed by atoms with Gasteiger partial charge in [-0.3, -0.25) is 9.59 Å². The number of hydrogen-bond donors (Lipinski definition) is 1. The van der Waals surface area contributed by atoms with Crippen LogP contribution in [0.2, 0.25) is 0 Å². The van der Waals surface area contributed by atoms with Gasteiger partial charge >= 0.3 is 5.97 Å². The third-order valence-corrected chi connectivity index (χ3v) is 4.10. The monoisotopic (exact) mass is 387 g/mol. The Balaban J connectivity index is 1.84. The zero-order chi connectivity index (χ0) is 20.5. The molecule has 0 aliphatic heterocycles. The summed E-state index contributed by atoms with van der Waals surface area (Å²) in [5.74, 6) is 1.04. The molecule has 1 unspecified atom stereocenters. The number of benzene rings is 2. The van der Waals surface area contributed by atoms with Crippen molar-refractivity contribution in [3.05, 3.63) is 53.6 Å². The number of esters is 1. The van der Waals surface area contributed by atoms with Crippen LogP contribution in [0.3, 0.4) is 0 Å². The standard InChI is InChI=1S/C21H25NO6/c1-14(28-20(23)12-15-5-8-17(25-2)9-6-15)21(24)22-13-16-7-10-18(26-3)19(11-16)27-4/h5-11,14H,12-13H2,1-4H3,(H,22,24). The number of methoxy groups -OCH3 is 3. The van der Waals surface area contributed by atoms with Crippen molar-refractivity contribution < 1.29 is 28.5 Å². The van der Waals surface area contributed by atoms with Crippen molar-refractivity contribution in [2.45, 2.75) is 26.0 Å². The van der Waals surface area contributed by atoms with Gasteiger partial charge in [0.15, 0.2) is 17.6 Å². The van der Waals surface area contributed by atoms with Crippen LogP contribution < -0.4 is 19.5 Å². The molecule has 2 rings (SSSR count). The van der Waals surface area contributed by atoms with E-state index in [1.807, 2.05) is 6.07 Å². The van der Waals surface area contributed by atoms with Gasteiger partial charge in [0.05, 0.1) is 27.8 Å². The summed E-state index contributed by atoms with van der Waals surface area (Å²) in [4.78, 5) is 24.3. The first-order chi connectivity index (χ1) is 13.5. The largest absolute Gasteiger partial charge is 0.497 e. The fourth-order valence-electron chi connectivity index (χ4n) is 2.53. The highest BCUT2D eigenvalue weighted by atomic mass is 16.5. The Morgan fingerprint density at radius 1 is 0.893 bits per heavy atom. The first-order valence-corrected chi connectivity index (χ1v) is 8.77. The molecule has 0 saturated heterocycles. The fourth-order valence-corrected chi connectivity index (χ4v) is 2.53. The van der Waals surface area contributed by atoms with E-state index < -0.39 is 12.1 Å². The summed E-state index contributed by atoms with van der Waals surface area (Å²) in [5, 5.41) is 2.74. The molecule has 1 amide bonds. The predicted octanol–water partition coefficient (Wildman–Crippen LogP) is 2.50. The van der Waals surface area contributed by atoms with Gasteiger partial charge in [-0.1, -0.05) is 18.2 Å². The zero-order valence-corrected chi connectivity index (χ0v) is 16.5. The second-order valence-electron chi connectivity index (χ2n) is 6.06. The molecule has 0 fully saturated rings. The molecular formula is C21H25NO6. The van der Waals surface area contributed by atoms with E-state index >= 15 is 0 Å². The SMILES string of the molecule is COc1ccc(CC(=O)OC(C)C(=O)NCc2ccc(OC)c(OC)c2)cc1. The molecular weight excluding hydrogens is 362 g/mol. The highest BCUT2D eigenvalue weighted by Gasteiger charge is 2.18. The summed E-state index contributed by atoms with van der Waals surface area (Å²) in [7, 11) is 4.68. The van der Waals surface area contributed by atoms with Gasteiger partial charge in [-0.15, -0.1) is 0 Å². The van der Waals surface area contributed by atoms with Crippen molar-refractivity contribution in [1.82, 2.24) is 5.32 Å². The van der Waals surface area contributed by atoms with Crippen molar-refractivity contribution in [3.8, 4) is 17.2 Å². The Morgan fingerprint density at radius 2 is 1.54 bits per heavy atom. The Morgan fingerprint density at radius 3 is 2.14 bits per heavy atom. The number of nitrogens with one attached hydrogen (secondary N) is 1. The third-order valence-electron chi connectivity index (χ3n) is 4.10. The van der Waals surface area contributed by atoms with Crippen LogP contribution in [-0.4, -0.2) is 39.3 Å². The molecule has 7 nitrogen and oxygen atoms in total. The van der Waals surface area contributed by atoms with Gasteiger partial charge in [0.2, 0.25) is 0 Å². The first-order valence-electron chi connectivity index (χ1n) is 8.77. The zero-order valence-electron chi connectivity index (χ0n) is 16.5. The number of hydrogen-bond acceptors (Lipinski definition) is 6. The average molecular weight is 387 g/mol. The lowest BCUT2D eigenvalue weighted by Gasteiger charge is -2.14. The maximum absolute atomic E-state index is 12.2. The minimum atomic E-state index is -0.897. The summed E-state index contributed by atoms with van der Waals surface area (Å²) in [6.45, 7) is 1.81. The second kappa shape index (κ2) is 10.2. The highest BCUT2D eigenvalue weighted by molar-refractivity contribution is 5.83. The maximum Gasteiger partial charge on any atom is 0.311 e. The molecule has 2 aromatic carbocycles. The van der Waals surface area contributed by atoms with Crippen molar-refractivity contribution in [3.63, 3.8) is 0 Å². The molecule has 0 aromatic heterocycles. The van der Waals surface area contributed by atoms with Crippen molar-refractivity contribution in [2.75, 3.05) is 21.3 Å². The Labute approximate surface area is 164 Å². The number of carbonyl (C=O) groups excluding carboxylic acids is 2. The van der Waals surface area contributed by atoms with Crippen molar-refractivity contribution >= 4 is 11.9 Å². The van der Waals surface area contributed by atoms with Crippen LogP contribution >= 0.6 is 0 Å². The van der Waals surface area contributed by atoms with Crippen LogP contribution in [0.5, 0.6) is 17.2 Å². The van der Waals surface area contributed by atoms with E-state index in [0.717, 1.165) is 11.1 Å². The molecule has 2 aromatic rings. The van der Waals surface area contributed by atoms with Gasteiger partial charge < -0.3 is 24.3 Å². The number of amides is 1. The smallest absolute Gasteiger partial charge is 0.311 e. The summed E-state index contributed by atoms with van der Waals surface area (Å²) in [6, 6.07) is 12.5. The van der Waals surface area contributed by atoms with Gasteiger partial charge in [-0.2, -0.15) is 0 Å². The number of rotatable bonds is 9. The van der Waals surface area contributed by atoms with Gasteiger partial charge in [-0.25, -0.2) is 0 Å². The fraction of sp³-hybridized carbons (Fsp3) is 0.333. The van der Waals surface area contributed by atoms with Crippen LogP contribution in [0.1, 0.15) is 18.1 Å². The molecule has 7 heteroatoms. The minimum absolute atomic E-state index is 0.0806. The van der Waals surface area contributed by atoms with Gasteiger partial charge in [-0.05, 0) is 42.3 Å². The molecule has 0 aliphatic carbocycles. The Kier molecular flexibility index (Phi) is 7.68. The van der Waals surface area contributed by atoms with E-state index in [-0.39, 0.29) is 18.9 Å². The van der Waals surface area contributed by atoms with E-state index in [2.05, 4.69) is 5.32 Å². The van der Waals surface area contributed by atoms with Crippen LogP contribution in [0.15, 0.2) is 42.5 Å². The average Bonchev–Trinajstić information content (AvgIpc) is 2.72. The molecule has 0 spiro atoms. The summed E-state index contributed by atoms with van der Waals surface area (Å²) >= 11 is 0.